The maximum atomic E-state index is 12.2. The largest absolute Gasteiger partial charge is 0.389 e. The van der Waals surface area contributed by atoms with Gasteiger partial charge in [-0.2, -0.15) is 4.31 Å². The van der Waals surface area contributed by atoms with Crippen LogP contribution in [0.2, 0.25) is 0 Å². The molecule has 5 nitrogen and oxygen atoms in total. The van der Waals surface area contributed by atoms with Gasteiger partial charge in [-0.3, -0.25) is 0 Å². The van der Waals surface area contributed by atoms with Gasteiger partial charge in [0.15, 0.2) is 0 Å². The van der Waals surface area contributed by atoms with E-state index in [4.69, 9.17) is 5.73 Å². The zero-order valence-electron chi connectivity index (χ0n) is 10.9. The highest BCUT2D eigenvalue weighted by atomic mass is 32.2. The molecule has 0 saturated heterocycles. The summed E-state index contributed by atoms with van der Waals surface area (Å²) in [5, 5.41) is 9.66. The number of hydrogen-bond acceptors (Lipinski definition) is 4. The molecule has 3 N–H and O–H groups in total. The maximum absolute atomic E-state index is 12.2. The number of rotatable bonds is 5. The van der Waals surface area contributed by atoms with Crippen molar-refractivity contribution < 1.29 is 13.5 Å². The fraction of sp³-hybridized carbons (Fsp3) is 0.500. The van der Waals surface area contributed by atoms with Crippen LogP contribution < -0.4 is 5.73 Å². The standard InChI is InChI=1S/C12H20N2O3S/c1-12(2,15)9-14(3)18(16,17)11-6-4-10(8-13)5-7-11/h4-7,15H,8-9,13H2,1-3H3. The Balaban J connectivity index is 2.98. The highest BCUT2D eigenvalue weighted by molar-refractivity contribution is 7.89. The van der Waals surface area contributed by atoms with Crippen LogP contribution in [0.25, 0.3) is 0 Å². The van der Waals surface area contributed by atoms with E-state index >= 15 is 0 Å². The van der Waals surface area contributed by atoms with Gasteiger partial charge < -0.3 is 10.8 Å². The molecule has 0 aromatic heterocycles. The summed E-state index contributed by atoms with van der Waals surface area (Å²) in [6.07, 6.45) is 0. The number of hydrogen-bond donors (Lipinski definition) is 2. The van der Waals surface area contributed by atoms with Gasteiger partial charge in [0.05, 0.1) is 10.5 Å². The first-order chi connectivity index (χ1) is 8.16. The Morgan fingerprint density at radius 1 is 1.28 bits per heavy atom. The van der Waals surface area contributed by atoms with Gasteiger partial charge in [0.25, 0.3) is 0 Å². The van der Waals surface area contributed by atoms with Crippen molar-refractivity contribution in [3.05, 3.63) is 29.8 Å². The maximum Gasteiger partial charge on any atom is 0.242 e. The first-order valence-electron chi connectivity index (χ1n) is 5.64. The molecule has 0 aliphatic carbocycles. The van der Waals surface area contributed by atoms with Gasteiger partial charge in [0.1, 0.15) is 0 Å². The van der Waals surface area contributed by atoms with Crippen LogP contribution in [0.1, 0.15) is 19.4 Å². The number of nitrogens with two attached hydrogens (primary N) is 1. The third kappa shape index (κ3) is 3.78. The summed E-state index contributed by atoms with van der Waals surface area (Å²) in [5.41, 5.74) is 5.26. The molecule has 0 aliphatic rings. The molecule has 0 unspecified atom stereocenters. The van der Waals surface area contributed by atoms with Crippen molar-refractivity contribution in [1.82, 2.24) is 4.31 Å². The zero-order valence-corrected chi connectivity index (χ0v) is 11.7. The van der Waals surface area contributed by atoms with Crippen LogP contribution in [-0.4, -0.2) is 37.0 Å². The second kappa shape index (κ2) is 5.36. The average molecular weight is 272 g/mol. The summed E-state index contributed by atoms with van der Waals surface area (Å²) >= 11 is 0. The van der Waals surface area contributed by atoms with Crippen molar-refractivity contribution in [2.45, 2.75) is 30.9 Å². The summed E-state index contributed by atoms with van der Waals surface area (Å²) in [7, 11) is -2.12. The Morgan fingerprint density at radius 3 is 2.17 bits per heavy atom. The second-order valence-corrected chi connectivity index (χ2v) is 6.97. The highest BCUT2D eigenvalue weighted by Gasteiger charge is 2.26. The van der Waals surface area contributed by atoms with Crippen molar-refractivity contribution in [1.29, 1.82) is 0 Å². The summed E-state index contributed by atoms with van der Waals surface area (Å²) in [4.78, 5) is 0.200. The lowest BCUT2D eigenvalue weighted by molar-refractivity contribution is 0.0640. The van der Waals surface area contributed by atoms with Crippen LogP contribution in [-0.2, 0) is 16.6 Å². The third-order valence-corrected chi connectivity index (χ3v) is 4.29. The minimum atomic E-state index is -3.56. The Bertz CT molecular complexity index is 489. The fourth-order valence-electron chi connectivity index (χ4n) is 1.61. The molecule has 0 bridgehead atoms. The monoisotopic (exact) mass is 272 g/mol. The van der Waals surface area contributed by atoms with Crippen molar-refractivity contribution in [2.75, 3.05) is 13.6 Å². The normalized spacial score (nSPS) is 13.0. The Morgan fingerprint density at radius 2 is 1.78 bits per heavy atom. The quantitative estimate of drug-likeness (QED) is 0.819. The molecule has 0 aliphatic heterocycles. The van der Waals surface area contributed by atoms with E-state index in [2.05, 4.69) is 0 Å². The summed E-state index contributed by atoms with van der Waals surface area (Å²) in [5.74, 6) is 0. The van der Waals surface area contributed by atoms with Crippen molar-refractivity contribution in [3.63, 3.8) is 0 Å². The Hall–Kier alpha value is -0.950. The van der Waals surface area contributed by atoms with E-state index in [-0.39, 0.29) is 11.4 Å². The predicted molar refractivity (Wildman–Crippen MR) is 70.4 cm³/mol. The van der Waals surface area contributed by atoms with Gasteiger partial charge in [-0.15, -0.1) is 0 Å². The summed E-state index contributed by atoms with van der Waals surface area (Å²) in [6.45, 7) is 3.54. The number of benzene rings is 1. The number of likely N-dealkylation sites (N-methyl/N-ethyl adjacent to an activating group) is 1. The van der Waals surface area contributed by atoms with E-state index < -0.39 is 15.6 Å². The Labute approximate surface area is 108 Å². The molecule has 0 saturated carbocycles. The van der Waals surface area contributed by atoms with Gasteiger partial charge in [-0.05, 0) is 31.5 Å². The van der Waals surface area contributed by atoms with E-state index in [1.807, 2.05) is 0 Å². The number of sulfonamides is 1. The predicted octanol–water partition coefficient (Wildman–Crippen LogP) is 0.537. The van der Waals surface area contributed by atoms with Gasteiger partial charge in [-0.25, -0.2) is 8.42 Å². The molecule has 1 rings (SSSR count). The van der Waals surface area contributed by atoms with E-state index in [1.54, 1.807) is 26.0 Å². The molecule has 1 aromatic rings. The molecule has 18 heavy (non-hydrogen) atoms. The van der Waals surface area contributed by atoms with Gasteiger partial charge in [-0.1, -0.05) is 12.1 Å². The lowest BCUT2D eigenvalue weighted by Gasteiger charge is -2.25. The molecule has 102 valence electrons. The van der Waals surface area contributed by atoms with Crippen LogP contribution in [0.3, 0.4) is 0 Å². The van der Waals surface area contributed by atoms with Crippen molar-refractivity contribution >= 4 is 10.0 Å². The summed E-state index contributed by atoms with van der Waals surface area (Å²) in [6, 6.07) is 6.42. The second-order valence-electron chi connectivity index (χ2n) is 4.92. The lowest BCUT2D eigenvalue weighted by atomic mass is 10.1. The van der Waals surface area contributed by atoms with Crippen LogP contribution in [0.15, 0.2) is 29.2 Å². The molecule has 1 aromatic carbocycles. The molecule has 6 heteroatoms. The first kappa shape index (κ1) is 15.1. The van der Waals surface area contributed by atoms with Crippen LogP contribution >= 0.6 is 0 Å². The number of nitrogens with zero attached hydrogens (tertiary/aromatic N) is 1. The molecule has 0 amide bonds. The van der Waals surface area contributed by atoms with Gasteiger partial charge in [0.2, 0.25) is 10.0 Å². The molecule has 0 radical (unpaired) electrons. The number of aliphatic hydroxyl groups is 1. The first-order valence-corrected chi connectivity index (χ1v) is 7.08. The molecule has 0 heterocycles. The average Bonchev–Trinajstić information content (AvgIpc) is 2.27. The van der Waals surface area contributed by atoms with E-state index in [0.29, 0.717) is 6.54 Å². The summed E-state index contributed by atoms with van der Waals surface area (Å²) < 4.78 is 25.5. The third-order valence-electron chi connectivity index (χ3n) is 2.48. The molecule has 0 spiro atoms. The minimum Gasteiger partial charge on any atom is -0.389 e. The van der Waals surface area contributed by atoms with Crippen LogP contribution in [0, 0.1) is 0 Å². The smallest absolute Gasteiger partial charge is 0.242 e. The SMILES string of the molecule is CN(CC(C)(C)O)S(=O)(=O)c1ccc(CN)cc1. The lowest BCUT2D eigenvalue weighted by Crippen LogP contribution is -2.39. The zero-order chi connectivity index (χ0) is 14.0. The van der Waals surface area contributed by atoms with E-state index in [1.165, 1.54) is 19.2 Å². The highest BCUT2D eigenvalue weighted by Crippen LogP contribution is 2.17. The molecule has 0 atom stereocenters. The van der Waals surface area contributed by atoms with Gasteiger partial charge >= 0.3 is 0 Å². The topological polar surface area (TPSA) is 83.6 Å². The fourth-order valence-corrected chi connectivity index (χ4v) is 2.93. The van der Waals surface area contributed by atoms with E-state index in [0.717, 1.165) is 9.87 Å². The van der Waals surface area contributed by atoms with E-state index in [9.17, 15) is 13.5 Å². The molecule has 0 fully saturated rings. The van der Waals surface area contributed by atoms with Crippen LogP contribution in [0.5, 0.6) is 0 Å². The van der Waals surface area contributed by atoms with Crippen molar-refractivity contribution in [2.24, 2.45) is 5.73 Å². The molecular weight excluding hydrogens is 252 g/mol. The molecular formula is C12H20N2O3S. The Kier molecular flexibility index (Phi) is 4.50. The minimum absolute atomic E-state index is 0.0357. The van der Waals surface area contributed by atoms with Crippen LogP contribution in [0.4, 0.5) is 0 Å². The van der Waals surface area contributed by atoms with Gasteiger partial charge in [0, 0.05) is 20.1 Å². The van der Waals surface area contributed by atoms with Crippen molar-refractivity contribution in [3.8, 4) is 0 Å².